The third kappa shape index (κ3) is 4.01. The number of halogens is 1. The molecule has 3 nitrogen and oxygen atoms in total. The van der Waals surface area contributed by atoms with Crippen LogP contribution in [0.4, 0.5) is 0 Å². The number of hydrogen-bond donors (Lipinski definition) is 0. The summed E-state index contributed by atoms with van der Waals surface area (Å²) in [7, 11) is 0. The summed E-state index contributed by atoms with van der Waals surface area (Å²) in [4.78, 5) is 0. The molecule has 1 aromatic heterocycles. The molecule has 0 amide bonds. The van der Waals surface area contributed by atoms with E-state index in [1.807, 2.05) is 42.5 Å². The highest BCUT2D eigenvalue weighted by Gasteiger charge is 2.07. The van der Waals surface area contributed by atoms with Gasteiger partial charge in [-0.25, -0.2) is 4.68 Å². The first-order chi connectivity index (χ1) is 11.2. The van der Waals surface area contributed by atoms with Crippen LogP contribution >= 0.6 is 46.9 Å². The van der Waals surface area contributed by atoms with Crippen molar-refractivity contribution >= 4 is 46.9 Å². The fraction of sp³-hybridized carbons (Fsp3) is 0.0625. The van der Waals surface area contributed by atoms with Crippen LogP contribution < -0.4 is 0 Å². The molecular formula is C16H10ClN3S3. The van der Waals surface area contributed by atoms with Crippen molar-refractivity contribution in [2.75, 3.05) is 0 Å². The zero-order chi connectivity index (χ0) is 16.2. The molecule has 114 valence electrons. The van der Waals surface area contributed by atoms with Gasteiger partial charge in [-0.05, 0) is 54.2 Å². The zero-order valence-corrected chi connectivity index (χ0v) is 15.0. The molecule has 3 rings (SSSR count). The second-order valence-electron chi connectivity index (χ2n) is 4.62. The maximum Gasteiger partial charge on any atom is 0.184 e. The summed E-state index contributed by atoms with van der Waals surface area (Å²) in [5, 5.41) is 14.2. The topological polar surface area (TPSA) is 41.6 Å². The molecule has 2 aromatic carbocycles. The maximum atomic E-state index is 8.94. The first-order valence-electron chi connectivity index (χ1n) is 6.63. The molecule has 0 saturated carbocycles. The van der Waals surface area contributed by atoms with Crippen LogP contribution in [0.1, 0.15) is 11.1 Å². The van der Waals surface area contributed by atoms with Crippen LogP contribution in [-0.2, 0) is 5.75 Å². The summed E-state index contributed by atoms with van der Waals surface area (Å²) in [6.07, 6.45) is 0. The molecule has 7 heteroatoms. The Balaban J connectivity index is 1.77. The van der Waals surface area contributed by atoms with Crippen LogP contribution in [0.2, 0.25) is 5.02 Å². The van der Waals surface area contributed by atoms with E-state index in [2.05, 4.69) is 11.2 Å². The number of nitriles is 1. The van der Waals surface area contributed by atoms with Gasteiger partial charge in [-0.2, -0.15) is 5.26 Å². The van der Waals surface area contributed by atoms with Crippen LogP contribution in [0, 0.1) is 15.3 Å². The molecule has 0 aliphatic heterocycles. The molecule has 23 heavy (non-hydrogen) atoms. The quantitative estimate of drug-likeness (QED) is 0.447. The summed E-state index contributed by atoms with van der Waals surface area (Å²) in [5.74, 6) is 0.748. The van der Waals surface area contributed by atoms with E-state index in [-0.39, 0.29) is 0 Å². The normalized spacial score (nSPS) is 10.4. The standard InChI is InChI=1S/C16H10ClN3S3/c17-13-4-6-14(7-5-13)20-16(21)23-15(19-20)22-10-12-3-1-2-11(8-12)9-18/h1-8H,10H2. The summed E-state index contributed by atoms with van der Waals surface area (Å²) in [6.45, 7) is 0. The van der Waals surface area contributed by atoms with Gasteiger partial charge in [0.2, 0.25) is 0 Å². The van der Waals surface area contributed by atoms with Crippen LogP contribution in [0.5, 0.6) is 0 Å². The highest BCUT2D eigenvalue weighted by atomic mass is 35.5. The van der Waals surface area contributed by atoms with Crippen LogP contribution in [0.3, 0.4) is 0 Å². The second kappa shape index (κ2) is 7.28. The monoisotopic (exact) mass is 375 g/mol. The average molecular weight is 376 g/mol. The van der Waals surface area contributed by atoms with Gasteiger partial charge < -0.3 is 0 Å². The van der Waals surface area contributed by atoms with Gasteiger partial charge in [0, 0.05) is 10.8 Å². The van der Waals surface area contributed by atoms with Gasteiger partial charge in [0.05, 0.1) is 17.3 Å². The van der Waals surface area contributed by atoms with Gasteiger partial charge in [-0.1, -0.05) is 46.8 Å². The average Bonchev–Trinajstić information content (AvgIpc) is 2.95. The van der Waals surface area contributed by atoms with Gasteiger partial charge >= 0.3 is 0 Å². The Morgan fingerprint density at radius 2 is 2.04 bits per heavy atom. The van der Waals surface area contributed by atoms with Gasteiger partial charge in [0.1, 0.15) is 0 Å². The molecule has 0 bridgehead atoms. The summed E-state index contributed by atoms with van der Waals surface area (Å²) >= 11 is 14.4. The van der Waals surface area contributed by atoms with Crippen molar-refractivity contribution in [2.45, 2.75) is 10.1 Å². The number of benzene rings is 2. The maximum absolute atomic E-state index is 8.94. The molecule has 0 fully saturated rings. The van der Waals surface area contributed by atoms with E-state index in [0.717, 1.165) is 21.3 Å². The lowest BCUT2D eigenvalue weighted by atomic mass is 10.2. The van der Waals surface area contributed by atoms with Crippen molar-refractivity contribution in [2.24, 2.45) is 0 Å². The number of hydrogen-bond acceptors (Lipinski definition) is 5. The molecule has 0 aliphatic rings. The Bertz CT molecular complexity index is 923. The lowest BCUT2D eigenvalue weighted by Gasteiger charge is -2.01. The molecule has 3 aromatic rings. The molecule has 0 saturated heterocycles. The molecule has 1 heterocycles. The third-order valence-electron chi connectivity index (χ3n) is 3.02. The SMILES string of the molecule is N#Cc1cccc(CSc2nn(-c3ccc(Cl)cc3)c(=S)s2)c1. The van der Waals surface area contributed by atoms with Gasteiger partial charge in [0.15, 0.2) is 8.29 Å². The third-order valence-corrected chi connectivity index (χ3v) is 5.71. The zero-order valence-electron chi connectivity index (χ0n) is 11.8. The predicted molar refractivity (Wildman–Crippen MR) is 98.0 cm³/mol. The molecule has 0 aliphatic carbocycles. The Labute approximate surface area is 152 Å². The Morgan fingerprint density at radius 1 is 1.26 bits per heavy atom. The van der Waals surface area contributed by atoms with E-state index in [9.17, 15) is 0 Å². The van der Waals surface area contributed by atoms with Crippen molar-refractivity contribution in [3.05, 3.63) is 68.6 Å². The molecule has 0 spiro atoms. The van der Waals surface area contributed by atoms with E-state index in [0.29, 0.717) is 14.5 Å². The second-order valence-corrected chi connectivity index (χ2v) is 7.90. The summed E-state index contributed by atoms with van der Waals surface area (Å²) in [6, 6.07) is 17.2. The number of aromatic nitrogens is 2. The largest absolute Gasteiger partial charge is 0.211 e. The molecule has 0 N–H and O–H groups in total. The number of thioether (sulfide) groups is 1. The molecule has 0 radical (unpaired) electrons. The summed E-state index contributed by atoms with van der Waals surface area (Å²) < 4.78 is 3.33. The van der Waals surface area contributed by atoms with E-state index < -0.39 is 0 Å². The van der Waals surface area contributed by atoms with Crippen molar-refractivity contribution in [3.8, 4) is 11.8 Å². The van der Waals surface area contributed by atoms with Crippen molar-refractivity contribution in [3.63, 3.8) is 0 Å². The van der Waals surface area contributed by atoms with Gasteiger partial charge in [-0.3, -0.25) is 0 Å². The van der Waals surface area contributed by atoms with E-state index in [1.165, 1.54) is 11.3 Å². The Kier molecular flexibility index (Phi) is 5.13. The molecule has 0 atom stereocenters. The van der Waals surface area contributed by atoms with Crippen LogP contribution in [-0.4, -0.2) is 9.78 Å². The minimum Gasteiger partial charge on any atom is -0.211 e. The lowest BCUT2D eigenvalue weighted by Crippen LogP contribution is -1.95. The Hall–Kier alpha value is -1.65. The predicted octanol–water partition coefficient (Wildman–Crippen LogP) is 5.48. The fourth-order valence-electron chi connectivity index (χ4n) is 1.94. The fourth-order valence-corrected chi connectivity index (χ4v) is 4.37. The van der Waals surface area contributed by atoms with Crippen molar-refractivity contribution in [1.82, 2.24) is 9.78 Å². The number of nitrogens with zero attached hydrogens (tertiary/aromatic N) is 3. The minimum atomic E-state index is 0.669. The highest BCUT2D eigenvalue weighted by Crippen LogP contribution is 2.27. The van der Waals surface area contributed by atoms with E-state index in [1.54, 1.807) is 22.5 Å². The van der Waals surface area contributed by atoms with Crippen molar-refractivity contribution in [1.29, 1.82) is 5.26 Å². The number of rotatable bonds is 4. The first kappa shape index (κ1) is 16.2. The lowest BCUT2D eigenvalue weighted by molar-refractivity contribution is 0.829. The first-order valence-corrected chi connectivity index (χ1v) is 9.22. The highest BCUT2D eigenvalue weighted by molar-refractivity contribution is 8.00. The summed E-state index contributed by atoms with van der Waals surface area (Å²) in [5.41, 5.74) is 2.66. The van der Waals surface area contributed by atoms with Crippen LogP contribution in [0.15, 0.2) is 52.9 Å². The Morgan fingerprint density at radius 3 is 2.78 bits per heavy atom. The smallest absolute Gasteiger partial charge is 0.184 e. The molecular weight excluding hydrogens is 366 g/mol. The van der Waals surface area contributed by atoms with Crippen molar-refractivity contribution < 1.29 is 0 Å². The van der Waals surface area contributed by atoms with Gasteiger partial charge in [0.25, 0.3) is 0 Å². The molecule has 0 unspecified atom stereocenters. The van der Waals surface area contributed by atoms with Crippen LogP contribution in [0.25, 0.3) is 5.69 Å². The van der Waals surface area contributed by atoms with E-state index in [4.69, 9.17) is 29.1 Å². The minimum absolute atomic E-state index is 0.669. The van der Waals surface area contributed by atoms with Gasteiger partial charge in [-0.15, -0.1) is 5.10 Å². The van der Waals surface area contributed by atoms with E-state index >= 15 is 0 Å².